The van der Waals surface area contributed by atoms with Gasteiger partial charge in [0.15, 0.2) is 0 Å². The van der Waals surface area contributed by atoms with E-state index in [0.29, 0.717) is 5.95 Å². The number of benzene rings is 2. The van der Waals surface area contributed by atoms with Gasteiger partial charge in [-0.05, 0) is 69.0 Å². The maximum atomic E-state index is 4.66. The molecule has 3 aromatic rings. The van der Waals surface area contributed by atoms with Crippen molar-refractivity contribution < 1.29 is 0 Å². The minimum absolute atomic E-state index is 0.605. The fraction of sp³-hybridized carbons (Fsp3) is 0.304. The molecule has 0 bridgehead atoms. The normalized spacial score (nSPS) is 13.6. The Kier molecular flexibility index (Phi) is 5.15. The predicted molar refractivity (Wildman–Crippen MR) is 117 cm³/mol. The topological polar surface area (TPSA) is 53.1 Å². The Hall–Kier alpha value is -3.08. The van der Waals surface area contributed by atoms with Crippen LogP contribution in [0.15, 0.2) is 48.5 Å². The summed E-state index contributed by atoms with van der Waals surface area (Å²) in [6, 6.07) is 16.8. The zero-order valence-electron chi connectivity index (χ0n) is 16.8. The lowest BCUT2D eigenvalue weighted by Gasteiger charge is -2.18. The number of aryl methyl sites for hydroxylation is 3. The van der Waals surface area contributed by atoms with Crippen molar-refractivity contribution >= 4 is 28.8 Å². The molecule has 144 valence electrons. The highest BCUT2D eigenvalue weighted by Crippen LogP contribution is 2.26. The quantitative estimate of drug-likeness (QED) is 0.619. The molecule has 4 rings (SSSR count). The molecular formula is C23H27N5. The molecule has 1 aliphatic rings. The van der Waals surface area contributed by atoms with Crippen molar-refractivity contribution in [3.8, 4) is 0 Å². The van der Waals surface area contributed by atoms with Crippen LogP contribution in [0.3, 0.4) is 0 Å². The van der Waals surface area contributed by atoms with E-state index in [1.54, 1.807) is 0 Å². The minimum Gasteiger partial charge on any atom is -0.372 e. The second kappa shape index (κ2) is 7.89. The van der Waals surface area contributed by atoms with Crippen LogP contribution < -0.4 is 15.5 Å². The molecule has 0 spiro atoms. The Morgan fingerprint density at radius 1 is 0.821 bits per heavy atom. The predicted octanol–water partition coefficient (Wildman–Crippen LogP) is 5.49. The van der Waals surface area contributed by atoms with Gasteiger partial charge >= 0.3 is 0 Å². The maximum Gasteiger partial charge on any atom is 0.229 e. The van der Waals surface area contributed by atoms with Gasteiger partial charge < -0.3 is 15.5 Å². The summed E-state index contributed by atoms with van der Waals surface area (Å²) in [4.78, 5) is 11.6. The molecule has 1 fully saturated rings. The third-order valence-electron chi connectivity index (χ3n) is 5.18. The number of nitrogens with zero attached hydrogens (tertiary/aromatic N) is 3. The molecule has 0 unspecified atom stereocenters. The molecule has 5 heteroatoms. The van der Waals surface area contributed by atoms with Crippen LogP contribution in [0.2, 0.25) is 0 Å². The third-order valence-corrected chi connectivity index (χ3v) is 5.18. The van der Waals surface area contributed by atoms with Crippen molar-refractivity contribution in [2.75, 3.05) is 28.6 Å². The summed E-state index contributed by atoms with van der Waals surface area (Å²) in [5.41, 5.74) is 6.65. The summed E-state index contributed by atoms with van der Waals surface area (Å²) in [6.07, 6.45) is 2.58. The summed E-state index contributed by atoms with van der Waals surface area (Å²) >= 11 is 0. The fourth-order valence-electron chi connectivity index (χ4n) is 3.69. The van der Waals surface area contributed by atoms with Crippen LogP contribution in [-0.4, -0.2) is 23.1 Å². The molecule has 2 N–H and O–H groups in total. The Balaban J connectivity index is 1.52. The molecule has 1 saturated heterocycles. The highest BCUT2D eigenvalue weighted by atomic mass is 15.2. The standard InChI is InChI=1S/C23H27N5/c1-16-7-6-8-17(2)22(16)27-23-24-18(3)15-21(26-23)25-19-9-11-20(12-10-19)28-13-4-5-14-28/h6-12,15H,4-5,13-14H2,1-3H3,(H2,24,25,26,27). The zero-order chi connectivity index (χ0) is 19.5. The van der Waals surface area contributed by atoms with Crippen LogP contribution in [0.4, 0.5) is 28.8 Å². The summed E-state index contributed by atoms with van der Waals surface area (Å²) in [7, 11) is 0. The molecule has 2 aromatic carbocycles. The molecule has 1 aliphatic heterocycles. The summed E-state index contributed by atoms with van der Waals surface area (Å²) in [5, 5.41) is 6.79. The molecule has 0 amide bonds. The van der Waals surface area contributed by atoms with Crippen LogP contribution in [-0.2, 0) is 0 Å². The van der Waals surface area contributed by atoms with Gasteiger partial charge in [-0.1, -0.05) is 18.2 Å². The lowest BCUT2D eigenvalue weighted by molar-refractivity contribution is 0.949. The summed E-state index contributed by atoms with van der Waals surface area (Å²) in [5.74, 6) is 1.39. The molecule has 0 saturated carbocycles. The lowest BCUT2D eigenvalue weighted by Crippen LogP contribution is -2.17. The molecule has 28 heavy (non-hydrogen) atoms. The van der Waals surface area contributed by atoms with Crippen LogP contribution in [0.1, 0.15) is 29.7 Å². The SMILES string of the molecule is Cc1cc(Nc2ccc(N3CCCC3)cc2)nc(Nc2c(C)cccc2C)n1. The van der Waals surface area contributed by atoms with Gasteiger partial charge in [-0.3, -0.25) is 0 Å². The summed E-state index contributed by atoms with van der Waals surface area (Å²) < 4.78 is 0. The number of hydrogen-bond acceptors (Lipinski definition) is 5. The van der Waals surface area contributed by atoms with Crippen LogP contribution in [0, 0.1) is 20.8 Å². The molecule has 1 aromatic heterocycles. The van der Waals surface area contributed by atoms with E-state index in [4.69, 9.17) is 0 Å². The average molecular weight is 374 g/mol. The van der Waals surface area contributed by atoms with Gasteiger partial charge in [0.1, 0.15) is 5.82 Å². The molecule has 5 nitrogen and oxygen atoms in total. The maximum absolute atomic E-state index is 4.66. The monoisotopic (exact) mass is 373 g/mol. The molecule has 0 atom stereocenters. The second-order valence-electron chi connectivity index (χ2n) is 7.48. The van der Waals surface area contributed by atoms with Crippen LogP contribution in [0.25, 0.3) is 0 Å². The van der Waals surface area contributed by atoms with Crippen molar-refractivity contribution in [2.24, 2.45) is 0 Å². The van der Waals surface area contributed by atoms with Gasteiger partial charge in [-0.15, -0.1) is 0 Å². The molecule has 2 heterocycles. The highest BCUT2D eigenvalue weighted by molar-refractivity contribution is 5.65. The smallest absolute Gasteiger partial charge is 0.229 e. The first-order valence-corrected chi connectivity index (χ1v) is 9.89. The molecular weight excluding hydrogens is 346 g/mol. The fourth-order valence-corrected chi connectivity index (χ4v) is 3.69. The van der Waals surface area contributed by atoms with Gasteiger partial charge in [-0.25, -0.2) is 4.98 Å². The Bertz CT molecular complexity index is 939. The first kappa shape index (κ1) is 18.3. The first-order valence-electron chi connectivity index (χ1n) is 9.89. The first-order chi connectivity index (χ1) is 13.6. The van der Waals surface area contributed by atoms with Crippen molar-refractivity contribution in [1.29, 1.82) is 0 Å². The van der Waals surface area contributed by atoms with Crippen molar-refractivity contribution in [3.05, 3.63) is 65.4 Å². The number of aromatic nitrogens is 2. The van der Waals surface area contributed by atoms with Crippen molar-refractivity contribution in [1.82, 2.24) is 9.97 Å². The van der Waals surface area contributed by atoms with E-state index < -0.39 is 0 Å². The van der Waals surface area contributed by atoms with Gasteiger partial charge in [0.2, 0.25) is 5.95 Å². The zero-order valence-corrected chi connectivity index (χ0v) is 16.8. The average Bonchev–Trinajstić information content (AvgIpc) is 3.20. The minimum atomic E-state index is 0.605. The van der Waals surface area contributed by atoms with E-state index in [1.807, 2.05) is 13.0 Å². The highest BCUT2D eigenvalue weighted by Gasteiger charge is 2.12. The number of rotatable bonds is 5. The van der Waals surface area contributed by atoms with Crippen molar-refractivity contribution in [3.63, 3.8) is 0 Å². The number of anilines is 5. The van der Waals surface area contributed by atoms with E-state index in [1.165, 1.54) is 29.7 Å². The summed E-state index contributed by atoms with van der Waals surface area (Å²) in [6.45, 7) is 8.48. The lowest BCUT2D eigenvalue weighted by atomic mass is 10.1. The van der Waals surface area contributed by atoms with E-state index in [-0.39, 0.29) is 0 Å². The van der Waals surface area contributed by atoms with Crippen LogP contribution in [0.5, 0.6) is 0 Å². The van der Waals surface area contributed by atoms with Gasteiger partial charge in [0.05, 0.1) is 0 Å². The van der Waals surface area contributed by atoms with Crippen LogP contribution >= 0.6 is 0 Å². The van der Waals surface area contributed by atoms with Crippen molar-refractivity contribution in [2.45, 2.75) is 33.6 Å². The van der Waals surface area contributed by atoms with E-state index in [2.05, 4.69) is 81.8 Å². The van der Waals surface area contributed by atoms with Gasteiger partial charge in [0.25, 0.3) is 0 Å². The number of nitrogens with one attached hydrogen (secondary N) is 2. The van der Waals surface area contributed by atoms with Gasteiger partial charge in [0, 0.05) is 41.9 Å². The van der Waals surface area contributed by atoms with E-state index in [0.717, 1.165) is 36.0 Å². The Morgan fingerprint density at radius 3 is 2.18 bits per heavy atom. The number of para-hydroxylation sites is 1. The van der Waals surface area contributed by atoms with Gasteiger partial charge in [-0.2, -0.15) is 4.98 Å². The van der Waals surface area contributed by atoms with E-state index >= 15 is 0 Å². The second-order valence-corrected chi connectivity index (χ2v) is 7.48. The Labute approximate surface area is 166 Å². The third kappa shape index (κ3) is 4.09. The number of hydrogen-bond donors (Lipinski definition) is 2. The molecule has 0 radical (unpaired) electrons. The Morgan fingerprint density at radius 2 is 1.50 bits per heavy atom. The van der Waals surface area contributed by atoms with E-state index in [9.17, 15) is 0 Å². The molecule has 0 aliphatic carbocycles. The largest absolute Gasteiger partial charge is 0.372 e.